The van der Waals surface area contributed by atoms with E-state index < -0.39 is 0 Å². The van der Waals surface area contributed by atoms with Gasteiger partial charge in [-0.25, -0.2) is 0 Å². The van der Waals surface area contributed by atoms with Gasteiger partial charge in [0.2, 0.25) is 0 Å². The monoisotopic (exact) mass is 223 g/mol. The maximum atomic E-state index is 2.59. The second kappa shape index (κ2) is 10.2. The molecule has 0 unspecified atom stereocenters. The van der Waals surface area contributed by atoms with E-state index in [4.69, 9.17) is 0 Å². The fourth-order valence-electron chi connectivity index (χ4n) is 2.48. The highest BCUT2D eigenvalue weighted by Crippen LogP contribution is 2.30. The average Bonchev–Trinajstić information content (AvgIpc) is 2.23. The van der Waals surface area contributed by atoms with Gasteiger partial charge < -0.3 is 0 Å². The number of hydrogen-bond acceptors (Lipinski definition) is 0. The summed E-state index contributed by atoms with van der Waals surface area (Å²) in [5, 5.41) is 0. The molecule has 0 N–H and O–H groups in total. The Kier molecular flexibility index (Phi) is 8.94. The Labute approximate surface area is 103 Å². The Morgan fingerprint density at radius 1 is 0.812 bits per heavy atom. The fraction of sp³-hybridized carbons (Fsp3) is 0.938. The molecule has 95 valence electrons. The highest BCUT2D eigenvalue weighted by Gasteiger charge is 2.16. The highest BCUT2D eigenvalue weighted by atomic mass is 14.2. The van der Waals surface area contributed by atoms with Crippen LogP contribution in [0.3, 0.4) is 0 Å². The average molecular weight is 223 g/mol. The van der Waals surface area contributed by atoms with Gasteiger partial charge in [-0.15, -0.1) is 0 Å². The molecule has 0 aromatic heterocycles. The van der Waals surface area contributed by atoms with E-state index in [1.54, 1.807) is 0 Å². The van der Waals surface area contributed by atoms with Crippen molar-refractivity contribution in [3.8, 4) is 0 Å². The summed E-state index contributed by atoms with van der Waals surface area (Å²) in [5.74, 6) is 1.01. The normalized spacial score (nSPS) is 16.3. The Bertz CT molecular complexity index is 135. The molecule has 0 atom stereocenters. The smallest absolute Gasteiger partial charge is 0.0355 e. The van der Waals surface area contributed by atoms with Crippen LogP contribution in [-0.2, 0) is 0 Å². The zero-order valence-corrected chi connectivity index (χ0v) is 11.3. The second-order valence-electron chi connectivity index (χ2n) is 5.54. The van der Waals surface area contributed by atoms with Gasteiger partial charge in [-0.3, -0.25) is 0 Å². The number of unbranched alkanes of at least 4 members (excludes halogenated alkanes) is 9. The molecule has 0 bridgehead atoms. The lowest BCUT2D eigenvalue weighted by molar-refractivity contribution is 0.350. The van der Waals surface area contributed by atoms with Crippen molar-refractivity contribution in [3.05, 3.63) is 6.42 Å². The van der Waals surface area contributed by atoms with Gasteiger partial charge in [0.05, 0.1) is 0 Å². The predicted octanol–water partition coefficient (Wildman–Crippen LogP) is 5.91. The molecule has 1 fully saturated rings. The molecule has 1 aliphatic carbocycles. The van der Waals surface area contributed by atoms with Crippen LogP contribution in [0.2, 0.25) is 0 Å². The molecule has 16 heavy (non-hydrogen) atoms. The van der Waals surface area contributed by atoms with Crippen LogP contribution >= 0.6 is 0 Å². The number of rotatable bonds is 11. The SMILES string of the molecule is CCCCCCCCCCC[CH]C1CCC1. The first-order chi connectivity index (χ1) is 7.93. The lowest BCUT2D eigenvalue weighted by Crippen LogP contribution is -2.10. The van der Waals surface area contributed by atoms with Gasteiger partial charge in [0, 0.05) is 0 Å². The van der Waals surface area contributed by atoms with E-state index >= 15 is 0 Å². The quantitative estimate of drug-likeness (QED) is 0.382. The zero-order chi connectivity index (χ0) is 11.5. The van der Waals surface area contributed by atoms with E-state index in [9.17, 15) is 0 Å². The summed E-state index contributed by atoms with van der Waals surface area (Å²) in [6.07, 6.45) is 21.5. The second-order valence-corrected chi connectivity index (χ2v) is 5.54. The molecule has 1 saturated carbocycles. The summed E-state index contributed by atoms with van der Waals surface area (Å²) in [6.45, 7) is 2.29. The third-order valence-electron chi connectivity index (χ3n) is 3.96. The van der Waals surface area contributed by atoms with Crippen LogP contribution in [0.1, 0.15) is 90.4 Å². The van der Waals surface area contributed by atoms with Gasteiger partial charge in [-0.05, 0) is 18.8 Å². The van der Waals surface area contributed by atoms with Gasteiger partial charge in [-0.1, -0.05) is 84.0 Å². The maximum Gasteiger partial charge on any atom is -0.0355 e. The molecule has 0 nitrogen and oxygen atoms in total. The van der Waals surface area contributed by atoms with Crippen molar-refractivity contribution >= 4 is 0 Å². The molecule has 0 saturated heterocycles. The summed E-state index contributed by atoms with van der Waals surface area (Å²) in [4.78, 5) is 0. The van der Waals surface area contributed by atoms with Crippen LogP contribution in [0.15, 0.2) is 0 Å². The van der Waals surface area contributed by atoms with E-state index in [1.807, 2.05) is 0 Å². The largest absolute Gasteiger partial charge is 0.0654 e. The maximum absolute atomic E-state index is 2.59. The highest BCUT2D eigenvalue weighted by molar-refractivity contribution is 4.82. The van der Waals surface area contributed by atoms with Crippen molar-refractivity contribution in [2.24, 2.45) is 5.92 Å². The minimum atomic E-state index is 1.01. The van der Waals surface area contributed by atoms with Crippen molar-refractivity contribution in [1.29, 1.82) is 0 Å². The molecule has 0 aromatic rings. The van der Waals surface area contributed by atoms with E-state index in [0.29, 0.717) is 0 Å². The van der Waals surface area contributed by atoms with Gasteiger partial charge in [-0.2, -0.15) is 0 Å². The van der Waals surface area contributed by atoms with Crippen LogP contribution in [0, 0.1) is 12.3 Å². The molecule has 0 aliphatic heterocycles. The number of hydrogen-bond donors (Lipinski definition) is 0. The summed E-state index contributed by atoms with van der Waals surface area (Å²) in [5.41, 5.74) is 0. The van der Waals surface area contributed by atoms with Crippen LogP contribution in [-0.4, -0.2) is 0 Å². The molecule has 0 amide bonds. The Balaban J connectivity index is 1.65. The minimum Gasteiger partial charge on any atom is -0.0654 e. The van der Waals surface area contributed by atoms with Gasteiger partial charge in [0.1, 0.15) is 0 Å². The lowest BCUT2D eigenvalue weighted by Gasteiger charge is -2.24. The molecule has 0 spiro atoms. The van der Waals surface area contributed by atoms with Crippen molar-refractivity contribution in [2.45, 2.75) is 90.4 Å². The van der Waals surface area contributed by atoms with E-state index in [1.165, 1.54) is 83.5 Å². The van der Waals surface area contributed by atoms with Gasteiger partial charge in [0.15, 0.2) is 0 Å². The first-order valence-corrected chi connectivity index (χ1v) is 7.77. The molecule has 1 rings (SSSR count). The summed E-state index contributed by atoms with van der Waals surface area (Å²) in [6, 6.07) is 0. The topological polar surface area (TPSA) is 0 Å². The molecular weight excluding hydrogens is 192 g/mol. The van der Waals surface area contributed by atoms with Crippen LogP contribution in [0.5, 0.6) is 0 Å². The minimum absolute atomic E-state index is 1.01. The van der Waals surface area contributed by atoms with Crippen LogP contribution in [0.25, 0.3) is 0 Å². The van der Waals surface area contributed by atoms with Crippen LogP contribution in [0.4, 0.5) is 0 Å². The Morgan fingerprint density at radius 3 is 1.88 bits per heavy atom. The first kappa shape index (κ1) is 14.1. The Morgan fingerprint density at radius 2 is 1.38 bits per heavy atom. The lowest BCUT2D eigenvalue weighted by atomic mass is 9.81. The van der Waals surface area contributed by atoms with Gasteiger partial charge >= 0.3 is 0 Å². The molecule has 1 aliphatic rings. The van der Waals surface area contributed by atoms with Crippen molar-refractivity contribution in [1.82, 2.24) is 0 Å². The first-order valence-electron chi connectivity index (χ1n) is 7.77. The summed E-state index contributed by atoms with van der Waals surface area (Å²) in [7, 11) is 0. The molecule has 0 heterocycles. The van der Waals surface area contributed by atoms with Crippen molar-refractivity contribution in [2.75, 3.05) is 0 Å². The third kappa shape index (κ3) is 7.30. The Hall–Kier alpha value is 0. The fourth-order valence-corrected chi connectivity index (χ4v) is 2.48. The molecule has 1 radical (unpaired) electrons. The molecule has 0 aromatic carbocycles. The zero-order valence-electron chi connectivity index (χ0n) is 11.3. The summed E-state index contributed by atoms with van der Waals surface area (Å²) >= 11 is 0. The molecular formula is C16H31. The van der Waals surface area contributed by atoms with E-state index in [2.05, 4.69) is 13.3 Å². The standard InChI is InChI=1S/C16H31/c1-2-3-4-5-6-7-8-9-10-11-13-16-14-12-15-16/h13,16H,2-12,14-15H2,1H3. The predicted molar refractivity (Wildman–Crippen MR) is 73.5 cm³/mol. The van der Waals surface area contributed by atoms with Gasteiger partial charge in [0.25, 0.3) is 0 Å². The molecule has 0 heteroatoms. The van der Waals surface area contributed by atoms with Crippen molar-refractivity contribution in [3.63, 3.8) is 0 Å². The van der Waals surface area contributed by atoms with Crippen molar-refractivity contribution < 1.29 is 0 Å². The summed E-state index contributed by atoms with van der Waals surface area (Å²) < 4.78 is 0. The van der Waals surface area contributed by atoms with E-state index in [0.717, 1.165) is 5.92 Å². The van der Waals surface area contributed by atoms with Crippen LogP contribution < -0.4 is 0 Å². The third-order valence-corrected chi connectivity index (χ3v) is 3.96. The van der Waals surface area contributed by atoms with E-state index in [-0.39, 0.29) is 0 Å².